The Bertz CT molecular complexity index is 515. The van der Waals surface area contributed by atoms with Crippen molar-refractivity contribution in [3.8, 4) is 0 Å². The molecule has 1 aliphatic rings. The van der Waals surface area contributed by atoms with Crippen LogP contribution >= 0.6 is 23.8 Å². The van der Waals surface area contributed by atoms with Gasteiger partial charge in [0.1, 0.15) is 0 Å². The van der Waals surface area contributed by atoms with Crippen molar-refractivity contribution in [1.29, 1.82) is 0 Å². The molecule has 1 aliphatic carbocycles. The van der Waals surface area contributed by atoms with Gasteiger partial charge in [-0.1, -0.05) is 43.7 Å². The first-order valence-corrected chi connectivity index (χ1v) is 9.03. The number of thiocarbonyl (C=S) groups is 1. The molecule has 1 aromatic carbocycles. The Morgan fingerprint density at radius 3 is 2.52 bits per heavy atom. The van der Waals surface area contributed by atoms with Gasteiger partial charge in [-0.15, -0.1) is 0 Å². The second-order valence-corrected chi connectivity index (χ2v) is 6.88. The van der Waals surface area contributed by atoms with E-state index in [0.717, 1.165) is 24.4 Å². The number of hydrogen-bond acceptors (Lipinski definition) is 2. The molecule has 1 saturated carbocycles. The zero-order valence-corrected chi connectivity index (χ0v) is 14.8. The molecule has 1 aromatic rings. The second-order valence-electron chi connectivity index (χ2n) is 6.03. The Labute approximate surface area is 148 Å². The van der Waals surface area contributed by atoms with Crippen LogP contribution in [-0.4, -0.2) is 11.0 Å². The van der Waals surface area contributed by atoms with Crippen LogP contribution in [0.4, 0.5) is 5.69 Å². The fourth-order valence-electron chi connectivity index (χ4n) is 2.91. The van der Waals surface area contributed by atoms with E-state index in [2.05, 4.69) is 16.2 Å². The molecule has 0 radical (unpaired) electrons. The maximum atomic E-state index is 11.8. The van der Waals surface area contributed by atoms with Gasteiger partial charge in [-0.2, -0.15) is 0 Å². The molecular formula is C17H24ClN3OS. The van der Waals surface area contributed by atoms with E-state index in [0.29, 0.717) is 16.6 Å². The average molecular weight is 354 g/mol. The summed E-state index contributed by atoms with van der Waals surface area (Å²) >= 11 is 11.0. The third-order valence-electron chi connectivity index (χ3n) is 4.16. The van der Waals surface area contributed by atoms with E-state index < -0.39 is 0 Å². The standard InChI is InChI=1S/C17H24ClN3OS/c18-14-9-11-15(12-10-14)19-17(23)21-20-16(22)8-4-7-13-5-2-1-3-6-13/h9-13H,1-8H2,(H,20,22)(H2,19,21,23). The zero-order chi connectivity index (χ0) is 16.5. The number of halogens is 1. The summed E-state index contributed by atoms with van der Waals surface area (Å²) in [5.74, 6) is 0.790. The number of hydrogen-bond donors (Lipinski definition) is 3. The highest BCUT2D eigenvalue weighted by atomic mass is 35.5. The van der Waals surface area contributed by atoms with Crippen LogP contribution in [-0.2, 0) is 4.79 Å². The quantitative estimate of drug-likeness (QED) is 0.542. The van der Waals surface area contributed by atoms with Gasteiger partial charge < -0.3 is 5.32 Å². The van der Waals surface area contributed by atoms with Gasteiger partial charge >= 0.3 is 0 Å². The van der Waals surface area contributed by atoms with Crippen molar-refractivity contribution in [3.05, 3.63) is 29.3 Å². The predicted octanol–water partition coefficient (Wildman–Crippen LogP) is 4.41. The van der Waals surface area contributed by atoms with Crippen molar-refractivity contribution in [2.45, 2.75) is 51.4 Å². The molecule has 6 heteroatoms. The predicted molar refractivity (Wildman–Crippen MR) is 99.4 cm³/mol. The molecule has 4 nitrogen and oxygen atoms in total. The third-order valence-corrected chi connectivity index (χ3v) is 4.61. The van der Waals surface area contributed by atoms with E-state index in [9.17, 15) is 4.79 Å². The van der Waals surface area contributed by atoms with E-state index >= 15 is 0 Å². The number of rotatable bonds is 5. The number of benzene rings is 1. The Hall–Kier alpha value is -1.33. The minimum Gasteiger partial charge on any atom is -0.331 e. The van der Waals surface area contributed by atoms with Crippen molar-refractivity contribution in [2.24, 2.45) is 5.92 Å². The Morgan fingerprint density at radius 1 is 1.13 bits per heavy atom. The van der Waals surface area contributed by atoms with Crippen molar-refractivity contribution in [2.75, 3.05) is 5.32 Å². The fourth-order valence-corrected chi connectivity index (χ4v) is 3.21. The number of carbonyl (C=O) groups excluding carboxylic acids is 1. The zero-order valence-electron chi connectivity index (χ0n) is 13.2. The average Bonchev–Trinajstić information content (AvgIpc) is 2.56. The van der Waals surface area contributed by atoms with Crippen LogP contribution in [0.1, 0.15) is 51.4 Å². The summed E-state index contributed by atoms with van der Waals surface area (Å²) in [5, 5.41) is 4.00. The highest BCUT2D eigenvalue weighted by molar-refractivity contribution is 7.80. The number of anilines is 1. The maximum Gasteiger partial charge on any atom is 0.238 e. The van der Waals surface area contributed by atoms with Crippen LogP contribution < -0.4 is 16.2 Å². The van der Waals surface area contributed by atoms with Crippen LogP contribution in [0, 0.1) is 5.92 Å². The van der Waals surface area contributed by atoms with Crippen molar-refractivity contribution < 1.29 is 4.79 Å². The van der Waals surface area contributed by atoms with E-state index in [-0.39, 0.29) is 5.91 Å². The lowest BCUT2D eigenvalue weighted by atomic mass is 9.86. The van der Waals surface area contributed by atoms with Gasteiger partial charge in [-0.05, 0) is 55.2 Å². The smallest absolute Gasteiger partial charge is 0.238 e. The summed E-state index contributed by atoms with van der Waals surface area (Å²) in [6, 6.07) is 7.19. The summed E-state index contributed by atoms with van der Waals surface area (Å²) in [6.45, 7) is 0. The second kappa shape index (κ2) is 9.73. The molecule has 0 saturated heterocycles. The van der Waals surface area contributed by atoms with E-state index in [1.807, 2.05) is 12.1 Å². The first-order valence-electron chi connectivity index (χ1n) is 8.25. The van der Waals surface area contributed by atoms with Crippen LogP contribution in [0.5, 0.6) is 0 Å². The van der Waals surface area contributed by atoms with Crippen LogP contribution in [0.15, 0.2) is 24.3 Å². The van der Waals surface area contributed by atoms with Gasteiger partial charge in [0, 0.05) is 17.1 Å². The van der Waals surface area contributed by atoms with Gasteiger partial charge in [-0.25, -0.2) is 0 Å². The van der Waals surface area contributed by atoms with Crippen molar-refractivity contribution in [1.82, 2.24) is 10.9 Å². The molecule has 0 spiro atoms. The van der Waals surface area contributed by atoms with Gasteiger partial charge in [0.2, 0.25) is 5.91 Å². The lowest BCUT2D eigenvalue weighted by molar-refractivity contribution is -0.121. The summed E-state index contributed by atoms with van der Waals surface area (Å²) < 4.78 is 0. The topological polar surface area (TPSA) is 53.2 Å². The largest absolute Gasteiger partial charge is 0.331 e. The Balaban J connectivity index is 1.58. The molecule has 23 heavy (non-hydrogen) atoms. The first-order chi connectivity index (χ1) is 11.1. The van der Waals surface area contributed by atoms with E-state index in [4.69, 9.17) is 23.8 Å². The Kier molecular flexibility index (Phi) is 7.62. The number of carbonyl (C=O) groups is 1. The number of nitrogens with one attached hydrogen (secondary N) is 3. The minimum atomic E-state index is -0.0268. The van der Waals surface area contributed by atoms with Gasteiger partial charge in [-0.3, -0.25) is 15.6 Å². The summed E-state index contributed by atoms with van der Waals surface area (Å²) in [7, 11) is 0. The van der Waals surface area contributed by atoms with Gasteiger partial charge in [0.05, 0.1) is 0 Å². The summed E-state index contributed by atoms with van der Waals surface area (Å²) in [4.78, 5) is 11.8. The normalized spacial score (nSPS) is 15.0. The molecular weight excluding hydrogens is 330 g/mol. The van der Waals surface area contributed by atoms with Crippen LogP contribution in [0.3, 0.4) is 0 Å². The number of amides is 1. The molecule has 1 fully saturated rings. The molecule has 0 aliphatic heterocycles. The molecule has 0 unspecified atom stereocenters. The Morgan fingerprint density at radius 2 is 1.83 bits per heavy atom. The van der Waals surface area contributed by atoms with E-state index in [1.54, 1.807) is 12.1 Å². The maximum absolute atomic E-state index is 11.8. The molecule has 1 amide bonds. The number of hydrazine groups is 1. The molecule has 0 atom stereocenters. The third kappa shape index (κ3) is 7.18. The van der Waals surface area contributed by atoms with Crippen molar-refractivity contribution >= 4 is 40.5 Å². The minimum absolute atomic E-state index is 0.0268. The van der Waals surface area contributed by atoms with E-state index in [1.165, 1.54) is 32.1 Å². The summed E-state index contributed by atoms with van der Waals surface area (Å²) in [6.07, 6.45) is 9.36. The van der Waals surface area contributed by atoms with Crippen LogP contribution in [0.25, 0.3) is 0 Å². The molecule has 2 rings (SSSR count). The van der Waals surface area contributed by atoms with Crippen molar-refractivity contribution in [3.63, 3.8) is 0 Å². The lowest BCUT2D eigenvalue weighted by Gasteiger charge is -2.21. The highest BCUT2D eigenvalue weighted by Crippen LogP contribution is 2.27. The van der Waals surface area contributed by atoms with Crippen LogP contribution in [0.2, 0.25) is 5.02 Å². The first kappa shape index (κ1) is 18.0. The fraction of sp³-hybridized carbons (Fsp3) is 0.529. The molecule has 0 aromatic heterocycles. The SMILES string of the molecule is O=C(CCCC1CCCCC1)NNC(=S)Nc1ccc(Cl)cc1. The van der Waals surface area contributed by atoms with Gasteiger partial charge in [0.25, 0.3) is 0 Å². The molecule has 0 heterocycles. The van der Waals surface area contributed by atoms with Gasteiger partial charge in [0.15, 0.2) is 5.11 Å². The molecule has 0 bridgehead atoms. The summed E-state index contributed by atoms with van der Waals surface area (Å²) in [5.41, 5.74) is 6.17. The highest BCUT2D eigenvalue weighted by Gasteiger charge is 2.13. The molecule has 3 N–H and O–H groups in total. The molecule has 126 valence electrons. The monoisotopic (exact) mass is 353 g/mol. The lowest BCUT2D eigenvalue weighted by Crippen LogP contribution is -2.43.